The maximum Gasteiger partial charge on any atom is 0.325 e. The number of ether oxygens (including phenoxy) is 2. The smallest absolute Gasteiger partial charge is 0.325 e. The number of amides is 3. The normalized spacial score (nSPS) is 21.0. The third-order valence-electron chi connectivity index (χ3n) is 9.05. The van der Waals surface area contributed by atoms with Crippen LogP contribution in [0.4, 0.5) is 9.18 Å². The minimum atomic E-state index is -1.16. The first-order valence-corrected chi connectivity index (χ1v) is 15.1. The summed E-state index contributed by atoms with van der Waals surface area (Å²) in [6, 6.07) is 9.13. The molecule has 2 saturated carbocycles. The van der Waals surface area contributed by atoms with Crippen molar-refractivity contribution in [2.45, 2.75) is 89.5 Å². The van der Waals surface area contributed by atoms with Gasteiger partial charge in [-0.25, -0.2) is 9.18 Å². The highest BCUT2D eigenvalue weighted by Gasteiger charge is 2.60. The van der Waals surface area contributed by atoms with Crippen LogP contribution < -0.4 is 20.3 Å². The van der Waals surface area contributed by atoms with Gasteiger partial charge in [0.2, 0.25) is 0 Å². The Kier molecular flexibility index (Phi) is 7.31. The summed E-state index contributed by atoms with van der Waals surface area (Å²) in [5.74, 6) is 0.869. The monoisotopic (exact) mass is 603 g/mol. The van der Waals surface area contributed by atoms with Crippen LogP contribution in [-0.4, -0.2) is 44.2 Å². The standard InChI is InChI=1S/C34H38FN3O6/c1-19-14-22(35)15-20(2)30(19)44-27-11-6-21(33(3,4)42)16-25(27)26-18-37(5)29(39)17-28(26)43-24-9-7-23(8-10-24)38-31(40)34(12-13-34)36-32(38)41/h6,11,14-18,23-24,42H,7-10,12-13H2,1-5H3,(H,36,41)/t23-,24-. The van der Waals surface area contributed by atoms with E-state index in [4.69, 9.17) is 9.47 Å². The molecule has 0 unspecified atom stereocenters. The van der Waals surface area contributed by atoms with Gasteiger partial charge in [-0.1, -0.05) is 6.07 Å². The lowest BCUT2D eigenvalue weighted by molar-refractivity contribution is -0.130. The number of hydrogen-bond donors (Lipinski definition) is 2. The van der Waals surface area contributed by atoms with Gasteiger partial charge in [0.15, 0.2) is 0 Å². The Balaban J connectivity index is 1.32. The lowest BCUT2D eigenvalue weighted by Gasteiger charge is -2.33. The minimum absolute atomic E-state index is 0.119. The molecule has 10 heteroatoms. The van der Waals surface area contributed by atoms with Crippen LogP contribution in [-0.2, 0) is 17.4 Å². The van der Waals surface area contributed by atoms with Gasteiger partial charge in [0.25, 0.3) is 11.5 Å². The van der Waals surface area contributed by atoms with Gasteiger partial charge in [0.1, 0.15) is 28.6 Å². The fraction of sp³-hybridized carbons (Fsp3) is 0.441. The highest BCUT2D eigenvalue weighted by Crippen LogP contribution is 2.44. The molecular formula is C34H38FN3O6. The molecule has 2 aliphatic carbocycles. The number of urea groups is 1. The van der Waals surface area contributed by atoms with E-state index in [9.17, 15) is 23.9 Å². The number of carbonyl (C=O) groups is 2. The minimum Gasteiger partial charge on any atom is -0.490 e. The van der Waals surface area contributed by atoms with E-state index in [-0.39, 0.29) is 35.5 Å². The van der Waals surface area contributed by atoms with E-state index in [1.807, 2.05) is 6.07 Å². The topological polar surface area (TPSA) is 110 Å². The van der Waals surface area contributed by atoms with Gasteiger partial charge < -0.3 is 24.5 Å². The van der Waals surface area contributed by atoms with Gasteiger partial charge in [-0.05, 0) is 107 Å². The van der Waals surface area contributed by atoms with E-state index in [0.717, 1.165) is 0 Å². The molecule has 1 spiro atoms. The molecule has 2 aromatic carbocycles. The number of benzene rings is 2. The summed E-state index contributed by atoms with van der Waals surface area (Å²) in [5, 5.41) is 13.7. The summed E-state index contributed by atoms with van der Waals surface area (Å²) in [6.07, 6.45) is 5.24. The zero-order valence-corrected chi connectivity index (χ0v) is 25.7. The number of aromatic nitrogens is 1. The molecule has 9 nitrogen and oxygen atoms in total. The fourth-order valence-electron chi connectivity index (χ4n) is 6.33. The van der Waals surface area contributed by atoms with Crippen molar-refractivity contribution in [2.24, 2.45) is 7.05 Å². The van der Waals surface area contributed by atoms with Crippen LogP contribution in [0, 0.1) is 19.7 Å². The Morgan fingerprint density at radius 2 is 1.61 bits per heavy atom. The number of imide groups is 1. The second-order valence-corrected chi connectivity index (χ2v) is 13.0. The molecule has 0 radical (unpaired) electrons. The van der Waals surface area contributed by atoms with Gasteiger partial charge in [-0.3, -0.25) is 14.5 Å². The lowest BCUT2D eigenvalue weighted by Crippen LogP contribution is -2.44. The van der Waals surface area contributed by atoms with Crippen molar-refractivity contribution in [3.8, 4) is 28.4 Å². The van der Waals surface area contributed by atoms with Crippen molar-refractivity contribution in [3.05, 3.63) is 75.5 Å². The van der Waals surface area contributed by atoms with Gasteiger partial charge in [-0.15, -0.1) is 0 Å². The highest BCUT2D eigenvalue weighted by molar-refractivity contribution is 6.09. The summed E-state index contributed by atoms with van der Waals surface area (Å²) < 4.78 is 28.4. The van der Waals surface area contributed by atoms with Crippen molar-refractivity contribution in [3.63, 3.8) is 0 Å². The van der Waals surface area contributed by atoms with E-state index in [2.05, 4.69) is 5.32 Å². The predicted molar refractivity (Wildman–Crippen MR) is 162 cm³/mol. The van der Waals surface area contributed by atoms with E-state index >= 15 is 0 Å². The molecule has 3 fully saturated rings. The van der Waals surface area contributed by atoms with Crippen molar-refractivity contribution >= 4 is 11.9 Å². The molecule has 0 atom stereocenters. The van der Waals surface area contributed by atoms with Crippen molar-refractivity contribution in [1.82, 2.24) is 14.8 Å². The zero-order chi connectivity index (χ0) is 31.6. The Morgan fingerprint density at radius 1 is 0.955 bits per heavy atom. The molecule has 1 saturated heterocycles. The number of rotatable bonds is 7. The van der Waals surface area contributed by atoms with Gasteiger partial charge in [-0.2, -0.15) is 0 Å². The Labute approximate surface area is 255 Å². The largest absolute Gasteiger partial charge is 0.490 e. The first-order chi connectivity index (χ1) is 20.8. The number of halogens is 1. The molecule has 3 aliphatic rings. The van der Waals surface area contributed by atoms with Gasteiger partial charge in [0.05, 0.1) is 11.7 Å². The maximum absolute atomic E-state index is 14.0. The number of aryl methyl sites for hydroxylation is 3. The molecule has 44 heavy (non-hydrogen) atoms. The van der Waals surface area contributed by atoms with Gasteiger partial charge >= 0.3 is 6.03 Å². The number of nitrogens with zero attached hydrogens (tertiary/aromatic N) is 2. The molecule has 6 rings (SSSR count). The predicted octanol–water partition coefficient (Wildman–Crippen LogP) is 5.60. The average molecular weight is 604 g/mol. The first kappa shape index (κ1) is 29.9. The van der Waals surface area contributed by atoms with Crippen molar-refractivity contribution < 1.29 is 28.6 Å². The molecule has 3 aromatic rings. The number of pyridine rings is 1. The van der Waals surface area contributed by atoms with E-state index < -0.39 is 11.1 Å². The second kappa shape index (κ2) is 10.8. The van der Waals surface area contributed by atoms with Crippen molar-refractivity contribution in [1.29, 1.82) is 0 Å². The molecule has 2 heterocycles. The Bertz CT molecular complexity index is 1690. The summed E-state index contributed by atoms with van der Waals surface area (Å²) in [5.41, 5.74) is 1.00. The van der Waals surface area contributed by atoms with Crippen LogP contribution >= 0.6 is 0 Å². The van der Waals surface area contributed by atoms with Crippen LogP contribution in [0.25, 0.3) is 11.1 Å². The summed E-state index contributed by atoms with van der Waals surface area (Å²) >= 11 is 0. The number of aliphatic hydroxyl groups is 1. The summed E-state index contributed by atoms with van der Waals surface area (Å²) in [6.45, 7) is 6.93. The molecule has 1 aromatic heterocycles. The number of carbonyl (C=O) groups excluding carboxylic acids is 2. The first-order valence-electron chi connectivity index (χ1n) is 15.1. The quantitative estimate of drug-likeness (QED) is 0.340. The third-order valence-corrected chi connectivity index (χ3v) is 9.05. The molecule has 3 amide bonds. The Morgan fingerprint density at radius 3 is 2.20 bits per heavy atom. The number of hydrogen-bond acceptors (Lipinski definition) is 6. The summed E-state index contributed by atoms with van der Waals surface area (Å²) in [4.78, 5) is 39.7. The fourth-order valence-corrected chi connectivity index (χ4v) is 6.33. The zero-order valence-electron chi connectivity index (χ0n) is 25.7. The highest BCUT2D eigenvalue weighted by atomic mass is 19.1. The SMILES string of the molecule is Cc1cc(F)cc(C)c1Oc1ccc(C(C)(C)O)cc1-c1cn(C)c(=O)cc1O[C@H]1CC[C@H](N2C(=O)NC3(CC3)C2=O)CC1. The van der Waals surface area contributed by atoms with Crippen LogP contribution in [0.5, 0.6) is 17.2 Å². The number of nitrogens with one attached hydrogen (secondary N) is 1. The molecule has 2 N–H and O–H groups in total. The van der Waals surface area contributed by atoms with Crippen molar-refractivity contribution in [2.75, 3.05) is 0 Å². The van der Waals surface area contributed by atoms with Crippen LogP contribution in [0.3, 0.4) is 0 Å². The third kappa shape index (κ3) is 5.47. The molecule has 232 valence electrons. The van der Waals surface area contributed by atoms with E-state index in [1.165, 1.54) is 27.7 Å². The summed E-state index contributed by atoms with van der Waals surface area (Å²) in [7, 11) is 1.65. The second-order valence-electron chi connectivity index (χ2n) is 13.0. The van der Waals surface area contributed by atoms with E-state index in [1.54, 1.807) is 53.1 Å². The Hall–Kier alpha value is -4.18. The molecule has 1 aliphatic heterocycles. The van der Waals surface area contributed by atoms with E-state index in [0.29, 0.717) is 83.6 Å². The lowest BCUT2D eigenvalue weighted by atomic mass is 9.91. The maximum atomic E-state index is 14.0. The van der Waals surface area contributed by atoms with Crippen LogP contribution in [0.1, 0.15) is 69.1 Å². The van der Waals surface area contributed by atoms with Gasteiger partial charge in [0, 0.05) is 36.5 Å². The van der Waals surface area contributed by atoms with Crippen LogP contribution in [0.2, 0.25) is 0 Å². The molecular weight excluding hydrogens is 565 g/mol. The average Bonchev–Trinajstić information content (AvgIpc) is 3.68. The molecule has 0 bridgehead atoms. The van der Waals surface area contributed by atoms with Crippen LogP contribution in [0.15, 0.2) is 47.4 Å².